The maximum absolute atomic E-state index is 14.2. The summed E-state index contributed by atoms with van der Waals surface area (Å²) in [6.07, 6.45) is 4.27. The molecule has 1 saturated heterocycles. The van der Waals surface area contributed by atoms with Gasteiger partial charge in [-0.2, -0.15) is 0 Å². The molecule has 4 heteroatoms. The SMILES string of the molecule is CCCNC(CC1CCCO1)c1ccc(OC)cc1F. The molecule has 1 aromatic rings. The molecular formula is C16H24FNO2. The van der Waals surface area contributed by atoms with E-state index in [0.29, 0.717) is 11.3 Å². The van der Waals surface area contributed by atoms with Crippen molar-refractivity contribution in [3.63, 3.8) is 0 Å². The van der Waals surface area contributed by atoms with Crippen molar-refractivity contribution in [2.75, 3.05) is 20.3 Å². The zero-order valence-corrected chi connectivity index (χ0v) is 12.3. The zero-order valence-electron chi connectivity index (χ0n) is 12.3. The molecular weight excluding hydrogens is 257 g/mol. The lowest BCUT2D eigenvalue weighted by Gasteiger charge is -2.23. The Morgan fingerprint density at radius 1 is 1.50 bits per heavy atom. The number of rotatable bonds is 7. The highest BCUT2D eigenvalue weighted by Crippen LogP contribution is 2.28. The molecule has 0 bridgehead atoms. The van der Waals surface area contributed by atoms with E-state index in [2.05, 4.69) is 12.2 Å². The number of nitrogens with one attached hydrogen (secondary N) is 1. The van der Waals surface area contributed by atoms with Crippen LogP contribution in [-0.2, 0) is 4.74 Å². The monoisotopic (exact) mass is 281 g/mol. The Balaban J connectivity index is 2.11. The molecule has 2 atom stereocenters. The van der Waals surface area contributed by atoms with Gasteiger partial charge in [-0.3, -0.25) is 0 Å². The van der Waals surface area contributed by atoms with Crippen LogP contribution in [0.1, 0.15) is 44.2 Å². The van der Waals surface area contributed by atoms with Gasteiger partial charge < -0.3 is 14.8 Å². The van der Waals surface area contributed by atoms with Gasteiger partial charge >= 0.3 is 0 Å². The van der Waals surface area contributed by atoms with Crippen LogP contribution in [0.5, 0.6) is 5.75 Å². The molecule has 112 valence electrons. The Hall–Kier alpha value is -1.13. The van der Waals surface area contributed by atoms with E-state index in [0.717, 1.165) is 38.8 Å². The van der Waals surface area contributed by atoms with Crippen LogP contribution in [0.25, 0.3) is 0 Å². The maximum atomic E-state index is 14.2. The quantitative estimate of drug-likeness (QED) is 0.830. The highest BCUT2D eigenvalue weighted by molar-refractivity contribution is 5.31. The standard InChI is InChI=1S/C16H24FNO2/c1-3-8-18-16(11-13-5-4-9-20-13)14-7-6-12(19-2)10-15(14)17/h6-7,10,13,16,18H,3-5,8-9,11H2,1-2H3. The third kappa shape index (κ3) is 3.93. The van der Waals surface area contributed by atoms with Crippen molar-refractivity contribution in [1.82, 2.24) is 5.32 Å². The minimum absolute atomic E-state index is 0.00366. The fourth-order valence-corrected chi connectivity index (χ4v) is 2.65. The van der Waals surface area contributed by atoms with Crippen LogP contribution in [0.2, 0.25) is 0 Å². The van der Waals surface area contributed by atoms with Crippen LogP contribution < -0.4 is 10.1 Å². The third-order valence-electron chi connectivity index (χ3n) is 3.75. The number of hydrogen-bond acceptors (Lipinski definition) is 3. The van der Waals surface area contributed by atoms with E-state index >= 15 is 0 Å². The molecule has 0 aliphatic carbocycles. The lowest BCUT2D eigenvalue weighted by molar-refractivity contribution is 0.0942. The summed E-state index contributed by atoms with van der Waals surface area (Å²) in [6.45, 7) is 3.82. The Labute approximate surface area is 120 Å². The second kappa shape index (κ2) is 7.60. The second-order valence-corrected chi connectivity index (χ2v) is 5.26. The summed E-state index contributed by atoms with van der Waals surface area (Å²) in [5.74, 6) is 0.341. The van der Waals surface area contributed by atoms with Crippen LogP contribution in [0, 0.1) is 5.82 Å². The van der Waals surface area contributed by atoms with E-state index in [1.807, 2.05) is 12.1 Å². The minimum atomic E-state index is -0.212. The average molecular weight is 281 g/mol. The average Bonchev–Trinajstić information content (AvgIpc) is 2.96. The van der Waals surface area contributed by atoms with Crippen molar-refractivity contribution >= 4 is 0 Å². The molecule has 1 N–H and O–H groups in total. The van der Waals surface area contributed by atoms with Crippen molar-refractivity contribution in [2.24, 2.45) is 0 Å². The lowest BCUT2D eigenvalue weighted by Crippen LogP contribution is -2.27. The molecule has 0 radical (unpaired) electrons. The van der Waals surface area contributed by atoms with E-state index in [1.165, 1.54) is 6.07 Å². The Morgan fingerprint density at radius 2 is 2.35 bits per heavy atom. The van der Waals surface area contributed by atoms with E-state index in [9.17, 15) is 4.39 Å². The maximum Gasteiger partial charge on any atom is 0.131 e. The van der Waals surface area contributed by atoms with Crippen LogP contribution >= 0.6 is 0 Å². The van der Waals surface area contributed by atoms with Crippen molar-refractivity contribution in [2.45, 2.75) is 44.8 Å². The predicted molar refractivity (Wildman–Crippen MR) is 77.6 cm³/mol. The number of benzene rings is 1. The zero-order chi connectivity index (χ0) is 14.4. The fraction of sp³-hybridized carbons (Fsp3) is 0.625. The van der Waals surface area contributed by atoms with Crippen LogP contribution in [-0.4, -0.2) is 26.4 Å². The molecule has 0 amide bonds. The summed E-state index contributed by atoms with van der Waals surface area (Å²) in [6, 6.07) is 5.08. The molecule has 1 fully saturated rings. The van der Waals surface area contributed by atoms with Crippen LogP contribution in [0.4, 0.5) is 4.39 Å². The van der Waals surface area contributed by atoms with Gasteiger partial charge in [-0.1, -0.05) is 13.0 Å². The Bertz CT molecular complexity index is 419. The minimum Gasteiger partial charge on any atom is -0.497 e. The van der Waals surface area contributed by atoms with E-state index in [4.69, 9.17) is 9.47 Å². The molecule has 0 aromatic heterocycles. The lowest BCUT2D eigenvalue weighted by atomic mass is 9.98. The van der Waals surface area contributed by atoms with Crippen molar-refractivity contribution in [3.05, 3.63) is 29.6 Å². The molecule has 2 unspecified atom stereocenters. The summed E-state index contributed by atoms with van der Waals surface area (Å²) in [4.78, 5) is 0. The number of hydrogen-bond donors (Lipinski definition) is 1. The summed E-state index contributed by atoms with van der Waals surface area (Å²) < 4.78 is 25.0. The van der Waals surface area contributed by atoms with Crippen molar-refractivity contribution in [3.8, 4) is 5.75 Å². The first-order valence-electron chi connectivity index (χ1n) is 7.43. The highest BCUT2D eigenvalue weighted by Gasteiger charge is 2.23. The molecule has 20 heavy (non-hydrogen) atoms. The van der Waals surface area contributed by atoms with Crippen molar-refractivity contribution in [1.29, 1.82) is 0 Å². The third-order valence-corrected chi connectivity index (χ3v) is 3.75. The first-order chi connectivity index (χ1) is 9.74. The first kappa shape index (κ1) is 15.3. The molecule has 1 aromatic carbocycles. The Kier molecular flexibility index (Phi) is 5.80. The largest absolute Gasteiger partial charge is 0.497 e. The van der Waals surface area contributed by atoms with E-state index in [1.54, 1.807) is 7.11 Å². The fourth-order valence-electron chi connectivity index (χ4n) is 2.65. The van der Waals surface area contributed by atoms with Gasteiger partial charge in [-0.25, -0.2) is 4.39 Å². The smallest absolute Gasteiger partial charge is 0.131 e. The van der Waals surface area contributed by atoms with Gasteiger partial charge in [0.1, 0.15) is 11.6 Å². The summed E-state index contributed by atoms with van der Waals surface area (Å²) >= 11 is 0. The molecule has 2 rings (SSSR count). The molecule has 3 nitrogen and oxygen atoms in total. The molecule has 1 aliphatic heterocycles. The summed E-state index contributed by atoms with van der Waals surface area (Å²) in [5.41, 5.74) is 0.703. The topological polar surface area (TPSA) is 30.5 Å². The van der Waals surface area contributed by atoms with Crippen LogP contribution in [0.15, 0.2) is 18.2 Å². The van der Waals surface area contributed by atoms with Gasteiger partial charge in [0, 0.05) is 24.3 Å². The normalized spacial score (nSPS) is 20.1. The summed E-state index contributed by atoms with van der Waals surface area (Å²) in [5, 5.41) is 3.43. The highest BCUT2D eigenvalue weighted by atomic mass is 19.1. The van der Waals surface area contributed by atoms with E-state index in [-0.39, 0.29) is 18.0 Å². The molecule has 1 heterocycles. The predicted octanol–water partition coefficient (Wildman–Crippen LogP) is 3.44. The van der Waals surface area contributed by atoms with Crippen LogP contribution in [0.3, 0.4) is 0 Å². The number of methoxy groups -OCH3 is 1. The van der Waals surface area contributed by atoms with Gasteiger partial charge in [0.2, 0.25) is 0 Å². The molecule has 0 saturated carbocycles. The van der Waals surface area contributed by atoms with Gasteiger partial charge in [0.15, 0.2) is 0 Å². The molecule has 0 spiro atoms. The summed E-state index contributed by atoms with van der Waals surface area (Å²) in [7, 11) is 1.55. The van der Waals surface area contributed by atoms with Gasteiger partial charge in [0.25, 0.3) is 0 Å². The van der Waals surface area contributed by atoms with Gasteiger partial charge in [0.05, 0.1) is 13.2 Å². The Morgan fingerprint density at radius 3 is 2.95 bits per heavy atom. The molecule has 1 aliphatic rings. The van der Waals surface area contributed by atoms with Crippen molar-refractivity contribution < 1.29 is 13.9 Å². The van der Waals surface area contributed by atoms with E-state index < -0.39 is 0 Å². The number of ether oxygens (including phenoxy) is 2. The second-order valence-electron chi connectivity index (χ2n) is 5.26. The van der Waals surface area contributed by atoms with Gasteiger partial charge in [-0.05, 0) is 38.3 Å². The van der Waals surface area contributed by atoms with Gasteiger partial charge in [-0.15, -0.1) is 0 Å². The number of halogens is 1. The first-order valence-corrected chi connectivity index (χ1v) is 7.43.